The van der Waals surface area contributed by atoms with E-state index in [-0.39, 0.29) is 16.9 Å². The first-order valence-electron chi connectivity index (χ1n) is 7.73. The van der Waals surface area contributed by atoms with Gasteiger partial charge in [0, 0.05) is 30.6 Å². The lowest BCUT2D eigenvalue weighted by Gasteiger charge is -2.49. The molecule has 0 bridgehead atoms. The van der Waals surface area contributed by atoms with Crippen LogP contribution in [0.2, 0.25) is 0 Å². The predicted molar refractivity (Wildman–Crippen MR) is 81.4 cm³/mol. The molecule has 0 saturated heterocycles. The first-order valence-corrected chi connectivity index (χ1v) is 7.73. The van der Waals surface area contributed by atoms with Crippen LogP contribution in [0.1, 0.15) is 58.7 Å². The lowest BCUT2D eigenvalue weighted by Crippen LogP contribution is -2.53. The molecule has 2 unspecified atom stereocenters. The summed E-state index contributed by atoms with van der Waals surface area (Å²) >= 11 is 0. The zero-order valence-electron chi connectivity index (χ0n) is 13.3. The minimum atomic E-state index is -0.363. The molecule has 0 aromatic carbocycles. The normalized spacial score (nSPS) is 29.9. The van der Waals surface area contributed by atoms with Gasteiger partial charge in [-0.05, 0) is 38.2 Å². The Labute approximate surface area is 122 Å². The molecule has 0 radical (unpaired) electrons. The van der Waals surface area contributed by atoms with Crippen LogP contribution in [0.5, 0.6) is 0 Å². The summed E-state index contributed by atoms with van der Waals surface area (Å²) in [6.07, 6.45) is 5.61. The van der Waals surface area contributed by atoms with E-state index in [0.29, 0.717) is 12.6 Å². The predicted octanol–water partition coefficient (Wildman–Crippen LogP) is 2.52. The van der Waals surface area contributed by atoms with Crippen LogP contribution in [-0.4, -0.2) is 27.5 Å². The van der Waals surface area contributed by atoms with Gasteiger partial charge in [0.2, 0.25) is 0 Å². The molecule has 1 aliphatic rings. The number of aliphatic hydroxyl groups is 1. The molecule has 1 saturated carbocycles. The largest absolute Gasteiger partial charge is 0.392 e. The van der Waals surface area contributed by atoms with Crippen LogP contribution < -0.4 is 5.73 Å². The highest BCUT2D eigenvalue weighted by Crippen LogP contribution is 2.47. The van der Waals surface area contributed by atoms with Crippen molar-refractivity contribution in [3.63, 3.8) is 0 Å². The quantitative estimate of drug-likeness (QED) is 0.890. The van der Waals surface area contributed by atoms with Gasteiger partial charge in [-0.25, -0.2) is 0 Å². The molecule has 1 aromatic heterocycles. The minimum Gasteiger partial charge on any atom is -0.392 e. The van der Waals surface area contributed by atoms with Crippen LogP contribution in [-0.2, 0) is 6.42 Å². The second-order valence-electron chi connectivity index (χ2n) is 7.37. The average molecular weight is 279 g/mol. The SMILES string of the molecule is CC(C)n1ccc(CC2(CN)CCCC(C)(C)C2O)n1. The van der Waals surface area contributed by atoms with Crippen molar-refractivity contribution in [2.24, 2.45) is 16.6 Å². The van der Waals surface area contributed by atoms with Crippen molar-refractivity contribution < 1.29 is 5.11 Å². The molecule has 2 atom stereocenters. The van der Waals surface area contributed by atoms with Gasteiger partial charge in [0.1, 0.15) is 0 Å². The molecule has 0 aliphatic heterocycles. The Hall–Kier alpha value is -0.870. The summed E-state index contributed by atoms with van der Waals surface area (Å²) in [5.41, 5.74) is 6.83. The third kappa shape index (κ3) is 2.77. The maximum Gasteiger partial charge on any atom is 0.0663 e. The van der Waals surface area contributed by atoms with Gasteiger partial charge in [-0.1, -0.05) is 20.3 Å². The zero-order valence-corrected chi connectivity index (χ0v) is 13.3. The highest BCUT2D eigenvalue weighted by Gasteiger charge is 2.48. The molecule has 114 valence electrons. The smallest absolute Gasteiger partial charge is 0.0663 e. The monoisotopic (exact) mass is 279 g/mol. The fraction of sp³-hybridized carbons (Fsp3) is 0.812. The summed E-state index contributed by atoms with van der Waals surface area (Å²) < 4.78 is 1.97. The summed E-state index contributed by atoms with van der Waals surface area (Å²) in [6, 6.07) is 2.43. The maximum atomic E-state index is 10.8. The van der Waals surface area contributed by atoms with Gasteiger partial charge in [-0.2, -0.15) is 5.10 Å². The Morgan fingerprint density at radius 1 is 1.45 bits per heavy atom. The maximum absolute atomic E-state index is 10.8. The van der Waals surface area contributed by atoms with Gasteiger partial charge in [0.25, 0.3) is 0 Å². The van der Waals surface area contributed by atoms with Crippen LogP contribution in [0.4, 0.5) is 0 Å². The Morgan fingerprint density at radius 3 is 2.70 bits per heavy atom. The van der Waals surface area contributed by atoms with E-state index >= 15 is 0 Å². The number of rotatable bonds is 4. The molecule has 0 spiro atoms. The molecule has 4 heteroatoms. The lowest BCUT2D eigenvalue weighted by atomic mass is 9.59. The molecule has 1 aromatic rings. The average Bonchev–Trinajstić information content (AvgIpc) is 2.83. The molecule has 1 heterocycles. The standard InChI is InChI=1S/C16H29N3O/c1-12(2)19-9-6-13(18-19)10-16(11-17)8-5-7-15(3,4)14(16)20/h6,9,12,14,20H,5,7-8,10-11,17H2,1-4H3. The van der Waals surface area contributed by atoms with Crippen LogP contribution in [0.3, 0.4) is 0 Å². The van der Waals surface area contributed by atoms with Crippen LogP contribution in [0, 0.1) is 10.8 Å². The van der Waals surface area contributed by atoms with Gasteiger partial charge in [0.05, 0.1) is 11.8 Å². The molecule has 20 heavy (non-hydrogen) atoms. The molecule has 2 rings (SSSR count). The number of aromatic nitrogens is 2. The first-order chi connectivity index (χ1) is 9.31. The number of hydrogen-bond acceptors (Lipinski definition) is 3. The van der Waals surface area contributed by atoms with E-state index in [1.165, 1.54) is 0 Å². The first kappa shape index (κ1) is 15.5. The van der Waals surface area contributed by atoms with Crippen molar-refractivity contribution >= 4 is 0 Å². The highest BCUT2D eigenvalue weighted by molar-refractivity contribution is 5.09. The van der Waals surface area contributed by atoms with E-state index in [1.54, 1.807) is 0 Å². The van der Waals surface area contributed by atoms with Gasteiger partial charge in [-0.3, -0.25) is 4.68 Å². The molecule has 1 fully saturated rings. The molecular formula is C16H29N3O. The van der Waals surface area contributed by atoms with Gasteiger partial charge >= 0.3 is 0 Å². The summed E-state index contributed by atoms with van der Waals surface area (Å²) in [7, 11) is 0. The van der Waals surface area contributed by atoms with Crippen molar-refractivity contribution in [1.82, 2.24) is 9.78 Å². The summed E-state index contributed by atoms with van der Waals surface area (Å²) in [6.45, 7) is 9.05. The molecule has 1 aliphatic carbocycles. The summed E-state index contributed by atoms with van der Waals surface area (Å²) in [4.78, 5) is 0. The summed E-state index contributed by atoms with van der Waals surface area (Å²) in [5, 5.41) is 15.4. The lowest BCUT2D eigenvalue weighted by molar-refractivity contribution is -0.0889. The molecular weight excluding hydrogens is 250 g/mol. The van der Waals surface area contributed by atoms with Crippen LogP contribution >= 0.6 is 0 Å². The molecule has 0 amide bonds. The van der Waals surface area contributed by atoms with Crippen LogP contribution in [0.15, 0.2) is 12.3 Å². The third-order valence-electron chi connectivity index (χ3n) is 4.95. The second-order valence-corrected chi connectivity index (χ2v) is 7.37. The minimum absolute atomic E-state index is 0.0573. The van der Waals surface area contributed by atoms with E-state index < -0.39 is 0 Å². The van der Waals surface area contributed by atoms with Crippen molar-refractivity contribution in [3.8, 4) is 0 Å². The van der Waals surface area contributed by atoms with E-state index in [0.717, 1.165) is 31.4 Å². The topological polar surface area (TPSA) is 64.1 Å². The number of nitrogens with two attached hydrogens (primary N) is 1. The van der Waals surface area contributed by atoms with Gasteiger partial charge in [0.15, 0.2) is 0 Å². The number of aliphatic hydroxyl groups excluding tert-OH is 1. The van der Waals surface area contributed by atoms with E-state index in [9.17, 15) is 5.11 Å². The number of hydrogen-bond donors (Lipinski definition) is 2. The van der Waals surface area contributed by atoms with E-state index in [1.807, 2.05) is 10.9 Å². The van der Waals surface area contributed by atoms with E-state index in [2.05, 4.69) is 38.9 Å². The zero-order chi connectivity index (χ0) is 15.0. The van der Waals surface area contributed by atoms with Crippen LogP contribution in [0.25, 0.3) is 0 Å². The summed E-state index contributed by atoms with van der Waals surface area (Å²) in [5.74, 6) is 0. The van der Waals surface area contributed by atoms with Crippen molar-refractivity contribution in [1.29, 1.82) is 0 Å². The fourth-order valence-corrected chi connectivity index (χ4v) is 3.59. The van der Waals surface area contributed by atoms with E-state index in [4.69, 9.17) is 5.73 Å². The van der Waals surface area contributed by atoms with Crippen molar-refractivity contribution in [3.05, 3.63) is 18.0 Å². The Kier molecular flexibility index (Phi) is 4.26. The number of nitrogens with zero attached hydrogens (tertiary/aromatic N) is 2. The third-order valence-corrected chi connectivity index (χ3v) is 4.95. The Bertz CT molecular complexity index is 452. The van der Waals surface area contributed by atoms with Gasteiger partial charge in [-0.15, -0.1) is 0 Å². The van der Waals surface area contributed by atoms with Gasteiger partial charge < -0.3 is 10.8 Å². The molecule has 4 nitrogen and oxygen atoms in total. The van der Waals surface area contributed by atoms with Crippen molar-refractivity contribution in [2.45, 2.75) is 65.5 Å². The van der Waals surface area contributed by atoms with Crippen molar-refractivity contribution in [2.75, 3.05) is 6.54 Å². The Balaban J connectivity index is 2.22. The molecule has 3 N–H and O–H groups in total. The fourth-order valence-electron chi connectivity index (χ4n) is 3.59. The highest BCUT2D eigenvalue weighted by atomic mass is 16.3. The second kappa shape index (κ2) is 5.49. The Morgan fingerprint density at radius 2 is 2.15 bits per heavy atom.